The van der Waals surface area contributed by atoms with E-state index in [1.807, 2.05) is 30.1 Å². The molecule has 39 heavy (non-hydrogen) atoms. The summed E-state index contributed by atoms with van der Waals surface area (Å²) in [4.78, 5) is 40.0. The Morgan fingerprint density at radius 3 is 2.74 bits per heavy atom. The van der Waals surface area contributed by atoms with E-state index in [1.54, 1.807) is 6.07 Å². The number of aryl methyl sites for hydroxylation is 1. The van der Waals surface area contributed by atoms with E-state index in [0.717, 1.165) is 80.3 Å². The number of likely N-dealkylation sites (N-methyl/N-ethyl adjacent to an activating group) is 1. The van der Waals surface area contributed by atoms with Crippen LogP contribution in [-0.4, -0.2) is 60.6 Å². The van der Waals surface area contributed by atoms with Gasteiger partial charge in [0.2, 0.25) is 11.8 Å². The fourth-order valence-electron chi connectivity index (χ4n) is 5.73. The van der Waals surface area contributed by atoms with Crippen LogP contribution in [0.2, 0.25) is 0 Å². The number of nitrogens with one attached hydrogen (secondary N) is 1. The molecule has 2 aromatic carbocycles. The molecule has 2 aliphatic heterocycles. The zero-order chi connectivity index (χ0) is 27.8. The number of carbonyl (C=O) groups is 3. The number of ether oxygens (including phenoxy) is 1. The molecule has 2 amide bonds. The first-order chi connectivity index (χ1) is 18.9. The number of hydrogen-bond acceptors (Lipinski definition) is 6. The molecule has 0 spiro atoms. The van der Waals surface area contributed by atoms with Crippen LogP contribution in [0.4, 0.5) is 4.39 Å². The van der Waals surface area contributed by atoms with E-state index < -0.39 is 0 Å². The number of hydrogen-bond donors (Lipinski definition) is 1. The zero-order valence-electron chi connectivity index (χ0n) is 23.1. The largest absolute Gasteiger partial charge is 0.369 e. The summed E-state index contributed by atoms with van der Waals surface area (Å²) >= 11 is 0. The highest BCUT2D eigenvalue weighted by Crippen LogP contribution is 2.33. The van der Waals surface area contributed by atoms with Crippen molar-refractivity contribution < 1.29 is 23.5 Å². The maximum absolute atomic E-state index is 13.7. The molecule has 4 rings (SSSR count). The fourth-order valence-corrected chi connectivity index (χ4v) is 5.73. The van der Waals surface area contributed by atoms with Gasteiger partial charge in [-0.2, -0.15) is 0 Å². The minimum atomic E-state index is -0.377. The van der Waals surface area contributed by atoms with Gasteiger partial charge in [-0.05, 0) is 86.6 Å². The molecule has 2 atom stereocenters. The second kappa shape index (κ2) is 13.9. The van der Waals surface area contributed by atoms with E-state index >= 15 is 0 Å². The molecule has 0 aliphatic carbocycles. The smallest absolute Gasteiger partial charge is 0.243 e. The van der Waals surface area contributed by atoms with Crippen molar-refractivity contribution in [3.63, 3.8) is 0 Å². The lowest BCUT2D eigenvalue weighted by Crippen LogP contribution is -2.51. The number of rotatable bonds is 14. The maximum Gasteiger partial charge on any atom is 0.243 e. The molecule has 1 fully saturated rings. The van der Waals surface area contributed by atoms with Gasteiger partial charge in [0.05, 0.1) is 18.8 Å². The van der Waals surface area contributed by atoms with Gasteiger partial charge in [0, 0.05) is 25.1 Å². The minimum Gasteiger partial charge on any atom is -0.369 e. The predicted molar refractivity (Wildman–Crippen MR) is 148 cm³/mol. The van der Waals surface area contributed by atoms with Crippen LogP contribution in [-0.2, 0) is 33.9 Å². The van der Waals surface area contributed by atoms with Crippen molar-refractivity contribution in [2.45, 2.75) is 77.2 Å². The molecule has 0 radical (unpaired) electrons. The lowest BCUT2D eigenvalue weighted by atomic mass is 9.95. The third-order valence-electron chi connectivity index (χ3n) is 8.06. The summed E-state index contributed by atoms with van der Waals surface area (Å²) in [5.74, 6) is -0.704. The van der Waals surface area contributed by atoms with Gasteiger partial charge in [0.25, 0.3) is 0 Å². The van der Waals surface area contributed by atoms with Crippen LogP contribution in [0.1, 0.15) is 84.2 Å². The van der Waals surface area contributed by atoms with Crippen LogP contribution in [0.15, 0.2) is 36.4 Å². The Hall–Kier alpha value is -2.94. The van der Waals surface area contributed by atoms with Crippen molar-refractivity contribution in [1.82, 2.24) is 15.1 Å². The van der Waals surface area contributed by atoms with Crippen LogP contribution in [0, 0.1) is 5.82 Å². The van der Waals surface area contributed by atoms with Gasteiger partial charge in [0.15, 0.2) is 0 Å². The highest BCUT2D eigenvalue weighted by molar-refractivity contribution is 6.00. The summed E-state index contributed by atoms with van der Waals surface area (Å²) in [6.45, 7) is 6.08. The number of piperidine rings is 1. The molecular formula is C31H40FN3O4. The molecule has 7 nitrogen and oxygen atoms in total. The van der Waals surface area contributed by atoms with E-state index in [2.05, 4.69) is 23.2 Å². The van der Waals surface area contributed by atoms with E-state index in [1.165, 1.54) is 6.07 Å². The third kappa shape index (κ3) is 7.59. The number of aldehydes is 1. The monoisotopic (exact) mass is 537 g/mol. The SMILES string of the molecule is CCN(CCCCCc1cccc(C=O)c1CN(C)C1CCC(=O)NC1=O)CC[C@H]1OCc2ccc(F)cc21. The van der Waals surface area contributed by atoms with E-state index in [9.17, 15) is 18.8 Å². The predicted octanol–water partition coefficient (Wildman–Crippen LogP) is 4.57. The number of carbonyl (C=O) groups excluding carboxylic acids is 3. The van der Waals surface area contributed by atoms with Crippen LogP contribution < -0.4 is 5.32 Å². The van der Waals surface area contributed by atoms with E-state index in [0.29, 0.717) is 31.6 Å². The third-order valence-corrected chi connectivity index (χ3v) is 8.06. The summed E-state index contributed by atoms with van der Waals surface area (Å²) in [6, 6.07) is 10.4. The first kappa shape index (κ1) is 29.1. The first-order valence-corrected chi connectivity index (χ1v) is 14.1. The van der Waals surface area contributed by atoms with Crippen LogP contribution >= 0.6 is 0 Å². The second-order valence-electron chi connectivity index (χ2n) is 10.7. The quantitative estimate of drug-likeness (QED) is 0.216. The number of amides is 2. The summed E-state index contributed by atoms with van der Waals surface area (Å²) in [7, 11) is 1.87. The lowest BCUT2D eigenvalue weighted by Gasteiger charge is -2.30. The van der Waals surface area contributed by atoms with E-state index in [4.69, 9.17) is 4.74 Å². The molecule has 1 saturated heterocycles. The molecule has 1 N–H and O–H groups in total. The molecule has 210 valence electrons. The Balaban J connectivity index is 1.24. The summed E-state index contributed by atoms with van der Waals surface area (Å²) in [5, 5.41) is 2.42. The number of benzene rings is 2. The Morgan fingerprint density at radius 1 is 1.13 bits per heavy atom. The minimum absolute atomic E-state index is 0.0356. The number of nitrogens with zero attached hydrogens (tertiary/aromatic N) is 2. The lowest BCUT2D eigenvalue weighted by molar-refractivity contribution is -0.137. The number of fused-ring (bicyclic) bond motifs is 1. The van der Waals surface area contributed by atoms with Gasteiger partial charge in [-0.1, -0.05) is 37.6 Å². The Kier molecular flexibility index (Phi) is 10.4. The molecule has 8 heteroatoms. The summed E-state index contributed by atoms with van der Waals surface area (Å²) in [6.07, 6.45) is 6.54. The van der Waals surface area contributed by atoms with Crippen molar-refractivity contribution >= 4 is 18.1 Å². The van der Waals surface area contributed by atoms with Crippen LogP contribution in [0.25, 0.3) is 0 Å². The first-order valence-electron chi connectivity index (χ1n) is 14.1. The Bertz CT molecular complexity index is 1170. The van der Waals surface area contributed by atoms with Crippen molar-refractivity contribution in [2.24, 2.45) is 0 Å². The van der Waals surface area contributed by atoms with Gasteiger partial charge in [-0.25, -0.2) is 4.39 Å². The summed E-state index contributed by atoms with van der Waals surface area (Å²) in [5.41, 5.74) is 4.83. The molecular weight excluding hydrogens is 497 g/mol. The van der Waals surface area contributed by atoms with Gasteiger partial charge in [-0.15, -0.1) is 0 Å². The van der Waals surface area contributed by atoms with Crippen LogP contribution in [0.3, 0.4) is 0 Å². The van der Waals surface area contributed by atoms with Gasteiger partial charge < -0.3 is 9.64 Å². The maximum atomic E-state index is 13.7. The van der Waals surface area contributed by atoms with Gasteiger partial charge >= 0.3 is 0 Å². The van der Waals surface area contributed by atoms with Gasteiger partial charge in [-0.3, -0.25) is 24.6 Å². The van der Waals surface area contributed by atoms with Crippen molar-refractivity contribution in [2.75, 3.05) is 26.7 Å². The van der Waals surface area contributed by atoms with Crippen molar-refractivity contribution in [3.8, 4) is 0 Å². The van der Waals surface area contributed by atoms with Crippen LogP contribution in [0.5, 0.6) is 0 Å². The highest BCUT2D eigenvalue weighted by Gasteiger charge is 2.30. The fraction of sp³-hybridized carbons (Fsp3) is 0.516. The summed E-state index contributed by atoms with van der Waals surface area (Å²) < 4.78 is 19.6. The molecule has 1 unspecified atom stereocenters. The van der Waals surface area contributed by atoms with Crippen molar-refractivity contribution in [3.05, 3.63) is 70.0 Å². The van der Waals surface area contributed by atoms with Gasteiger partial charge in [0.1, 0.15) is 12.1 Å². The standard InChI is InChI=1S/C31H40FN3O4/c1-3-35(17-15-29-26-18-25(32)12-11-24(26)21-39-29)16-6-4-5-8-22-9-7-10-23(20-36)27(22)19-34(2)28-13-14-30(37)33-31(28)38/h7,9-12,18,20,28-29H,3-6,8,13-17,19,21H2,1-2H3,(H,33,37,38)/t28?,29-/m1/s1. The average molecular weight is 538 g/mol. The molecule has 2 heterocycles. The number of unbranched alkanes of at least 4 members (excludes halogenated alkanes) is 2. The topological polar surface area (TPSA) is 79.0 Å². The zero-order valence-corrected chi connectivity index (χ0v) is 23.1. The number of imide groups is 1. The molecule has 2 aliphatic rings. The number of halogens is 1. The molecule has 0 saturated carbocycles. The molecule has 0 aromatic heterocycles. The van der Waals surface area contributed by atoms with E-state index in [-0.39, 0.29) is 29.8 Å². The normalized spacial score (nSPS) is 19.0. The molecule has 2 aromatic rings. The highest BCUT2D eigenvalue weighted by atomic mass is 19.1. The average Bonchev–Trinajstić information content (AvgIpc) is 3.32. The molecule has 0 bridgehead atoms. The second-order valence-corrected chi connectivity index (χ2v) is 10.7. The van der Waals surface area contributed by atoms with Crippen molar-refractivity contribution in [1.29, 1.82) is 0 Å². The Morgan fingerprint density at radius 2 is 1.97 bits per heavy atom. The Labute approximate surface area is 230 Å².